The molecule has 0 radical (unpaired) electrons. The lowest BCUT2D eigenvalue weighted by Crippen LogP contribution is -2.10. The van der Waals surface area contributed by atoms with E-state index in [0.29, 0.717) is 6.54 Å². The molecule has 4 nitrogen and oxygen atoms in total. The van der Waals surface area contributed by atoms with Gasteiger partial charge in [-0.1, -0.05) is 48.0 Å². The van der Waals surface area contributed by atoms with Crippen LogP contribution in [0.15, 0.2) is 72.9 Å². The summed E-state index contributed by atoms with van der Waals surface area (Å²) in [6.07, 6.45) is 1.97. The molecule has 0 aliphatic rings. The van der Waals surface area contributed by atoms with Crippen molar-refractivity contribution in [2.24, 2.45) is 0 Å². The normalized spacial score (nSPS) is 11.0. The monoisotopic (exact) mass is 418 g/mol. The molecule has 0 atom stereocenters. The summed E-state index contributed by atoms with van der Waals surface area (Å²) in [5.74, 6) is -0.819. The van der Waals surface area contributed by atoms with E-state index in [9.17, 15) is 9.90 Å². The number of carboxylic acids is 1. The van der Waals surface area contributed by atoms with Gasteiger partial charge in [-0.05, 0) is 53.9 Å². The molecule has 0 saturated heterocycles. The average molecular weight is 419 g/mol. The number of anilines is 2. The van der Waals surface area contributed by atoms with Crippen molar-refractivity contribution in [1.82, 2.24) is 4.57 Å². The molecule has 1 heterocycles. The Labute approximate surface area is 180 Å². The van der Waals surface area contributed by atoms with E-state index in [1.807, 2.05) is 49.6 Å². The number of hydrogen-bond donors (Lipinski definition) is 1. The lowest BCUT2D eigenvalue weighted by atomic mass is 10.1. The Morgan fingerprint density at radius 3 is 2.53 bits per heavy atom. The zero-order chi connectivity index (χ0) is 21.3. The Balaban J connectivity index is 1.60. The molecule has 0 fully saturated rings. The number of para-hydroxylation sites is 1. The van der Waals surface area contributed by atoms with Crippen LogP contribution in [0.3, 0.4) is 0 Å². The molecule has 0 bridgehead atoms. The van der Waals surface area contributed by atoms with Gasteiger partial charge in [0.2, 0.25) is 0 Å². The summed E-state index contributed by atoms with van der Waals surface area (Å²) in [4.78, 5) is 13.3. The number of carbonyl (C=O) groups is 1. The van der Waals surface area contributed by atoms with Crippen LogP contribution in [0.5, 0.6) is 0 Å². The van der Waals surface area contributed by atoms with Gasteiger partial charge < -0.3 is 14.6 Å². The van der Waals surface area contributed by atoms with Crippen molar-refractivity contribution < 1.29 is 9.90 Å². The number of aromatic nitrogens is 1. The van der Waals surface area contributed by atoms with Gasteiger partial charge in [-0.3, -0.25) is 4.79 Å². The number of aliphatic carboxylic acids is 1. The quantitative estimate of drug-likeness (QED) is 0.414. The van der Waals surface area contributed by atoms with Crippen LogP contribution >= 0.6 is 11.6 Å². The zero-order valence-corrected chi connectivity index (χ0v) is 17.7. The maximum absolute atomic E-state index is 11.2. The van der Waals surface area contributed by atoms with Crippen molar-refractivity contribution in [2.75, 3.05) is 11.9 Å². The summed E-state index contributed by atoms with van der Waals surface area (Å²) in [6, 6.07) is 22.3. The molecule has 4 rings (SSSR count). The number of rotatable bonds is 6. The molecule has 5 heteroatoms. The topological polar surface area (TPSA) is 45.5 Å². The fourth-order valence-corrected chi connectivity index (χ4v) is 4.04. The van der Waals surface area contributed by atoms with Crippen molar-refractivity contribution >= 4 is 39.8 Å². The third-order valence-electron chi connectivity index (χ3n) is 5.35. The minimum atomic E-state index is -0.819. The van der Waals surface area contributed by atoms with Crippen LogP contribution in [0.1, 0.15) is 16.7 Å². The molecular formula is C25H23ClN2O2. The van der Waals surface area contributed by atoms with Crippen LogP contribution in [0.25, 0.3) is 10.9 Å². The lowest BCUT2D eigenvalue weighted by Gasteiger charge is -2.21. The SMILES string of the molecule is Cc1ccc(Cl)c(N(C)c2ccc(Cn3cc(CC(=O)O)c4ccccc43)cc2)c1. The van der Waals surface area contributed by atoms with Crippen molar-refractivity contribution in [3.05, 3.63) is 94.6 Å². The molecule has 0 amide bonds. The van der Waals surface area contributed by atoms with Crippen LogP contribution in [-0.2, 0) is 17.8 Å². The summed E-state index contributed by atoms with van der Waals surface area (Å²) < 4.78 is 2.11. The summed E-state index contributed by atoms with van der Waals surface area (Å²) >= 11 is 6.39. The first-order valence-electron chi connectivity index (χ1n) is 9.80. The predicted molar refractivity (Wildman–Crippen MR) is 123 cm³/mol. The number of nitrogens with zero attached hydrogens (tertiary/aromatic N) is 2. The van der Waals surface area contributed by atoms with E-state index in [0.717, 1.165) is 44.0 Å². The Kier molecular flexibility index (Phi) is 5.51. The fraction of sp³-hybridized carbons (Fsp3) is 0.160. The maximum atomic E-state index is 11.2. The highest BCUT2D eigenvalue weighted by molar-refractivity contribution is 6.33. The van der Waals surface area contributed by atoms with Gasteiger partial charge in [-0.15, -0.1) is 0 Å². The standard InChI is InChI=1S/C25H23ClN2O2/c1-17-7-12-22(26)24(13-17)27(2)20-10-8-18(9-11-20)15-28-16-19(14-25(29)30)21-5-3-4-6-23(21)28/h3-13,16H,14-15H2,1-2H3,(H,29,30). The van der Waals surface area contributed by atoms with E-state index in [2.05, 4.69) is 46.7 Å². The first-order chi connectivity index (χ1) is 14.4. The largest absolute Gasteiger partial charge is 0.481 e. The summed E-state index contributed by atoms with van der Waals surface area (Å²) in [5, 5.41) is 10.9. The Morgan fingerprint density at radius 1 is 1.07 bits per heavy atom. The molecular weight excluding hydrogens is 396 g/mol. The third-order valence-corrected chi connectivity index (χ3v) is 5.67. The second kappa shape index (κ2) is 8.25. The van der Waals surface area contributed by atoms with Crippen molar-refractivity contribution in [3.63, 3.8) is 0 Å². The molecule has 1 aromatic heterocycles. The molecule has 1 N–H and O–H groups in total. The van der Waals surface area contributed by atoms with Crippen molar-refractivity contribution in [2.45, 2.75) is 19.9 Å². The van der Waals surface area contributed by atoms with Crippen molar-refractivity contribution in [3.8, 4) is 0 Å². The number of carboxylic acid groups (broad SMARTS) is 1. The number of benzene rings is 3. The smallest absolute Gasteiger partial charge is 0.307 e. The van der Waals surface area contributed by atoms with E-state index in [4.69, 9.17) is 11.6 Å². The summed E-state index contributed by atoms with van der Waals surface area (Å²) in [5.41, 5.74) is 6.21. The molecule has 0 aliphatic heterocycles. The van der Waals surface area contributed by atoms with Crippen LogP contribution < -0.4 is 4.90 Å². The van der Waals surface area contributed by atoms with E-state index >= 15 is 0 Å². The lowest BCUT2D eigenvalue weighted by molar-refractivity contribution is -0.136. The molecule has 0 saturated carbocycles. The van der Waals surface area contributed by atoms with Gasteiger partial charge in [-0.2, -0.15) is 0 Å². The summed E-state index contributed by atoms with van der Waals surface area (Å²) in [6.45, 7) is 2.73. The minimum Gasteiger partial charge on any atom is -0.481 e. The summed E-state index contributed by atoms with van der Waals surface area (Å²) in [7, 11) is 2.01. The molecule has 30 heavy (non-hydrogen) atoms. The van der Waals surface area contributed by atoms with Gasteiger partial charge in [0, 0.05) is 36.4 Å². The van der Waals surface area contributed by atoms with Crippen LogP contribution in [0.4, 0.5) is 11.4 Å². The number of aryl methyl sites for hydroxylation is 1. The van der Waals surface area contributed by atoms with Gasteiger partial charge in [0.25, 0.3) is 0 Å². The maximum Gasteiger partial charge on any atom is 0.307 e. The van der Waals surface area contributed by atoms with Crippen LogP contribution in [0, 0.1) is 6.92 Å². The molecule has 4 aromatic rings. The van der Waals surface area contributed by atoms with Crippen LogP contribution in [0.2, 0.25) is 5.02 Å². The first kappa shape index (κ1) is 20.0. The van der Waals surface area contributed by atoms with Gasteiger partial charge in [0.1, 0.15) is 0 Å². The molecule has 0 spiro atoms. The fourth-order valence-electron chi connectivity index (χ4n) is 3.80. The van der Waals surface area contributed by atoms with Gasteiger partial charge in [-0.25, -0.2) is 0 Å². The minimum absolute atomic E-state index is 0.0223. The van der Waals surface area contributed by atoms with Gasteiger partial charge in [0.15, 0.2) is 0 Å². The number of hydrogen-bond acceptors (Lipinski definition) is 2. The van der Waals surface area contributed by atoms with Crippen molar-refractivity contribution in [1.29, 1.82) is 0 Å². The third kappa shape index (κ3) is 4.05. The van der Waals surface area contributed by atoms with E-state index in [1.54, 1.807) is 0 Å². The highest BCUT2D eigenvalue weighted by Gasteiger charge is 2.12. The number of fused-ring (bicyclic) bond motifs is 1. The van der Waals surface area contributed by atoms with E-state index in [1.165, 1.54) is 0 Å². The number of halogens is 1. The zero-order valence-electron chi connectivity index (χ0n) is 17.0. The second-order valence-electron chi connectivity index (χ2n) is 7.55. The second-order valence-corrected chi connectivity index (χ2v) is 7.96. The highest BCUT2D eigenvalue weighted by Crippen LogP contribution is 2.31. The Hall–Kier alpha value is -3.24. The molecule has 0 aliphatic carbocycles. The van der Waals surface area contributed by atoms with Gasteiger partial charge in [0.05, 0.1) is 17.1 Å². The van der Waals surface area contributed by atoms with E-state index < -0.39 is 5.97 Å². The molecule has 3 aromatic carbocycles. The highest BCUT2D eigenvalue weighted by atomic mass is 35.5. The van der Waals surface area contributed by atoms with Gasteiger partial charge >= 0.3 is 5.97 Å². The molecule has 152 valence electrons. The molecule has 0 unspecified atom stereocenters. The first-order valence-corrected chi connectivity index (χ1v) is 10.2. The van der Waals surface area contributed by atoms with E-state index in [-0.39, 0.29) is 6.42 Å². The average Bonchev–Trinajstić information content (AvgIpc) is 3.06. The predicted octanol–water partition coefficient (Wildman–Crippen LogP) is 6.05. The van der Waals surface area contributed by atoms with Crippen LogP contribution in [-0.4, -0.2) is 22.7 Å². The Bertz CT molecular complexity index is 1210. The Morgan fingerprint density at radius 2 is 1.80 bits per heavy atom.